The van der Waals surface area contributed by atoms with Gasteiger partial charge in [0.15, 0.2) is 0 Å². The molecule has 2 aromatic rings. The predicted octanol–water partition coefficient (Wildman–Crippen LogP) is 2.02. The van der Waals surface area contributed by atoms with Crippen molar-refractivity contribution in [2.75, 3.05) is 6.54 Å². The van der Waals surface area contributed by atoms with E-state index in [-0.39, 0.29) is 18.1 Å². The molecule has 6 nitrogen and oxygen atoms in total. The molecule has 0 spiro atoms. The number of carbonyl (C=O) groups excluding carboxylic acids is 1. The molecule has 0 unspecified atom stereocenters. The van der Waals surface area contributed by atoms with Crippen LogP contribution in [0.5, 0.6) is 0 Å². The molecule has 7 heteroatoms. The van der Waals surface area contributed by atoms with Gasteiger partial charge < -0.3 is 15.0 Å². The number of halogens is 1. The normalized spacial score (nSPS) is 15.9. The molecule has 1 aliphatic carbocycles. The van der Waals surface area contributed by atoms with Crippen LogP contribution in [0.4, 0.5) is 4.39 Å². The lowest BCUT2D eigenvalue weighted by Gasteiger charge is -2.36. The highest BCUT2D eigenvalue weighted by atomic mass is 19.1. The number of amides is 1. The Morgan fingerprint density at radius 3 is 2.79 bits per heavy atom. The zero-order valence-electron chi connectivity index (χ0n) is 13.5. The summed E-state index contributed by atoms with van der Waals surface area (Å²) >= 11 is 0. The van der Waals surface area contributed by atoms with E-state index in [4.69, 9.17) is 0 Å². The summed E-state index contributed by atoms with van der Waals surface area (Å²) in [5.41, 5.74) is 0.537. The van der Waals surface area contributed by atoms with Crippen LogP contribution in [0.2, 0.25) is 0 Å². The second-order valence-corrected chi connectivity index (χ2v) is 6.44. The third-order valence-electron chi connectivity index (χ3n) is 4.87. The van der Waals surface area contributed by atoms with E-state index in [0.717, 1.165) is 17.8 Å². The van der Waals surface area contributed by atoms with Crippen LogP contribution < -0.4 is 5.32 Å². The van der Waals surface area contributed by atoms with Crippen LogP contribution >= 0.6 is 0 Å². The number of nitrogens with one attached hydrogen (secondary N) is 1. The van der Waals surface area contributed by atoms with Gasteiger partial charge in [0, 0.05) is 32.5 Å². The van der Waals surface area contributed by atoms with Gasteiger partial charge in [-0.2, -0.15) is 0 Å². The highest BCUT2D eigenvalue weighted by Gasteiger charge is 2.45. The van der Waals surface area contributed by atoms with Crippen molar-refractivity contribution >= 4 is 22.9 Å². The SMILES string of the molecule is Cn1c(CCNC(=O)CC2(C(=O)O)CCC2)nc2cc(F)ccc21. The van der Waals surface area contributed by atoms with Crippen molar-refractivity contribution < 1.29 is 19.1 Å². The summed E-state index contributed by atoms with van der Waals surface area (Å²) in [6.07, 6.45) is 2.50. The van der Waals surface area contributed by atoms with Crippen molar-refractivity contribution in [1.82, 2.24) is 14.9 Å². The second kappa shape index (κ2) is 6.22. The Bertz CT molecular complexity index is 796. The molecule has 1 heterocycles. The Labute approximate surface area is 138 Å². The molecule has 0 saturated heterocycles. The van der Waals surface area contributed by atoms with Crippen molar-refractivity contribution in [2.24, 2.45) is 12.5 Å². The van der Waals surface area contributed by atoms with E-state index in [9.17, 15) is 19.1 Å². The number of hydrogen-bond donors (Lipinski definition) is 2. The summed E-state index contributed by atoms with van der Waals surface area (Å²) in [4.78, 5) is 27.7. The number of aryl methyl sites for hydroxylation is 1. The molecular formula is C17H20FN3O3. The molecule has 24 heavy (non-hydrogen) atoms. The number of aliphatic carboxylic acids is 1. The second-order valence-electron chi connectivity index (χ2n) is 6.44. The maximum Gasteiger partial charge on any atom is 0.310 e. The predicted molar refractivity (Wildman–Crippen MR) is 85.9 cm³/mol. The van der Waals surface area contributed by atoms with E-state index in [1.165, 1.54) is 12.1 Å². The number of imidazole rings is 1. The van der Waals surface area contributed by atoms with Crippen molar-refractivity contribution in [3.63, 3.8) is 0 Å². The summed E-state index contributed by atoms with van der Waals surface area (Å²) in [6, 6.07) is 4.44. The summed E-state index contributed by atoms with van der Waals surface area (Å²) in [6.45, 7) is 0.369. The molecule has 0 atom stereocenters. The number of nitrogens with zero attached hydrogens (tertiary/aromatic N) is 2. The van der Waals surface area contributed by atoms with Gasteiger partial charge in [0.05, 0.1) is 16.4 Å². The Morgan fingerprint density at radius 1 is 1.42 bits per heavy atom. The molecule has 1 fully saturated rings. The first-order valence-corrected chi connectivity index (χ1v) is 8.02. The molecule has 2 N–H and O–H groups in total. The maximum absolute atomic E-state index is 13.2. The highest BCUT2D eigenvalue weighted by molar-refractivity contribution is 5.85. The van der Waals surface area contributed by atoms with E-state index in [1.54, 1.807) is 6.07 Å². The molecule has 3 rings (SSSR count). The largest absolute Gasteiger partial charge is 0.481 e. The monoisotopic (exact) mass is 333 g/mol. The lowest BCUT2D eigenvalue weighted by molar-refractivity contribution is -0.157. The van der Waals surface area contributed by atoms with Crippen molar-refractivity contribution in [3.8, 4) is 0 Å². The number of aromatic nitrogens is 2. The number of carboxylic acids is 1. The van der Waals surface area contributed by atoms with E-state index in [2.05, 4.69) is 10.3 Å². The molecular weight excluding hydrogens is 313 g/mol. The first-order valence-electron chi connectivity index (χ1n) is 8.02. The summed E-state index contributed by atoms with van der Waals surface area (Å²) in [7, 11) is 1.85. The molecule has 0 bridgehead atoms. The number of rotatable bonds is 6. The molecule has 1 aromatic heterocycles. The van der Waals surface area contributed by atoms with Crippen LogP contribution in [-0.4, -0.2) is 33.1 Å². The summed E-state index contributed by atoms with van der Waals surface area (Å²) in [5.74, 6) is -0.726. The van der Waals surface area contributed by atoms with Gasteiger partial charge in [-0.15, -0.1) is 0 Å². The van der Waals surface area contributed by atoms with Crippen molar-refractivity contribution in [3.05, 3.63) is 29.8 Å². The maximum atomic E-state index is 13.2. The minimum atomic E-state index is -0.888. The van der Waals surface area contributed by atoms with Gasteiger partial charge in [0.1, 0.15) is 11.6 Å². The number of hydrogen-bond acceptors (Lipinski definition) is 3. The number of fused-ring (bicyclic) bond motifs is 1. The van der Waals surface area contributed by atoms with Crippen molar-refractivity contribution in [1.29, 1.82) is 0 Å². The zero-order valence-corrected chi connectivity index (χ0v) is 13.5. The molecule has 128 valence electrons. The molecule has 1 amide bonds. The Morgan fingerprint density at radius 2 is 2.17 bits per heavy atom. The van der Waals surface area contributed by atoms with Crippen molar-refractivity contribution in [2.45, 2.75) is 32.1 Å². The van der Waals surface area contributed by atoms with Crippen LogP contribution in [0.25, 0.3) is 11.0 Å². The van der Waals surface area contributed by atoms with Crippen LogP contribution in [0.3, 0.4) is 0 Å². The number of carbonyl (C=O) groups is 2. The van der Waals surface area contributed by atoms with E-state index >= 15 is 0 Å². The van der Waals surface area contributed by atoms with Gasteiger partial charge in [-0.25, -0.2) is 9.37 Å². The topological polar surface area (TPSA) is 84.2 Å². The fraction of sp³-hybridized carbons (Fsp3) is 0.471. The van der Waals surface area contributed by atoms with Gasteiger partial charge in [0.25, 0.3) is 0 Å². The highest BCUT2D eigenvalue weighted by Crippen LogP contribution is 2.44. The molecule has 1 saturated carbocycles. The van der Waals surface area contributed by atoms with E-state index < -0.39 is 11.4 Å². The summed E-state index contributed by atoms with van der Waals surface area (Å²) < 4.78 is 15.1. The molecule has 1 aromatic carbocycles. The van der Waals surface area contributed by atoms with Gasteiger partial charge >= 0.3 is 5.97 Å². The van der Waals surface area contributed by atoms with Gasteiger partial charge in [0.2, 0.25) is 5.91 Å². The van der Waals surface area contributed by atoms with Gasteiger partial charge in [-0.3, -0.25) is 9.59 Å². The third kappa shape index (κ3) is 2.98. The Hall–Kier alpha value is -2.44. The third-order valence-corrected chi connectivity index (χ3v) is 4.87. The summed E-state index contributed by atoms with van der Waals surface area (Å²) in [5, 5.41) is 12.0. The van der Waals surface area contributed by atoms with Crippen LogP contribution in [0, 0.1) is 11.2 Å². The molecule has 0 aliphatic heterocycles. The lowest BCUT2D eigenvalue weighted by Crippen LogP contribution is -2.42. The van der Waals surface area contributed by atoms with Gasteiger partial charge in [-0.1, -0.05) is 6.42 Å². The van der Waals surface area contributed by atoms with Crippen LogP contribution in [-0.2, 0) is 23.1 Å². The van der Waals surface area contributed by atoms with Crippen LogP contribution in [0.1, 0.15) is 31.5 Å². The average molecular weight is 333 g/mol. The van der Waals surface area contributed by atoms with Gasteiger partial charge in [-0.05, 0) is 25.0 Å². The smallest absolute Gasteiger partial charge is 0.310 e. The molecule has 0 radical (unpaired) electrons. The zero-order chi connectivity index (χ0) is 17.3. The number of carboxylic acid groups (broad SMARTS) is 1. The first-order chi connectivity index (χ1) is 11.4. The first kappa shape index (κ1) is 16.4. The Kier molecular flexibility index (Phi) is 4.26. The molecule has 1 aliphatic rings. The minimum absolute atomic E-state index is 0.0239. The Balaban J connectivity index is 1.57. The standard InChI is InChI=1S/C17H20FN3O3/c1-21-13-4-3-11(18)9-12(13)20-14(21)5-8-19-15(22)10-17(16(23)24)6-2-7-17/h3-4,9H,2,5-8,10H2,1H3,(H,19,22)(H,23,24). The fourth-order valence-electron chi connectivity index (χ4n) is 3.20. The van der Waals surface area contributed by atoms with E-state index in [0.29, 0.717) is 31.3 Å². The average Bonchev–Trinajstić information content (AvgIpc) is 2.78. The lowest BCUT2D eigenvalue weighted by atomic mass is 9.66. The quantitative estimate of drug-likeness (QED) is 0.847. The number of benzene rings is 1. The minimum Gasteiger partial charge on any atom is -0.481 e. The fourth-order valence-corrected chi connectivity index (χ4v) is 3.20. The van der Waals surface area contributed by atoms with E-state index in [1.807, 2.05) is 11.6 Å². The van der Waals surface area contributed by atoms with Crippen LogP contribution in [0.15, 0.2) is 18.2 Å².